The molecule has 0 bridgehead atoms. The largest absolute Gasteiger partial charge is 0.193 e. The van der Waals surface area contributed by atoms with E-state index in [0.717, 1.165) is 17.6 Å². The Morgan fingerprint density at radius 1 is 0.900 bits per heavy atom. The Morgan fingerprint density at radius 3 is 2.20 bits per heavy atom. The van der Waals surface area contributed by atoms with Gasteiger partial charge in [0.05, 0.1) is 6.07 Å². The van der Waals surface area contributed by atoms with Crippen LogP contribution in [0.3, 0.4) is 0 Å². The average molecular weight is 257 g/mol. The zero-order valence-electron chi connectivity index (χ0n) is 11.2. The fraction of sp³-hybridized carbons (Fsp3) is 0.105. The standard InChI is InChI=1S/C19H15N/c20-14-15-11-18(16-7-3-1-4-8-16)13-19(12-15)17-9-5-2-6-10-17/h1-11,13,19H,12H2. The van der Waals surface area contributed by atoms with Crippen molar-refractivity contribution in [2.45, 2.75) is 12.3 Å². The van der Waals surface area contributed by atoms with Crippen LogP contribution in [0.1, 0.15) is 23.5 Å². The maximum atomic E-state index is 9.27. The van der Waals surface area contributed by atoms with Crippen LogP contribution >= 0.6 is 0 Å². The van der Waals surface area contributed by atoms with Crippen LogP contribution in [0.25, 0.3) is 5.57 Å². The first kappa shape index (κ1) is 12.4. The normalized spacial score (nSPS) is 17.9. The van der Waals surface area contributed by atoms with Gasteiger partial charge >= 0.3 is 0 Å². The molecule has 0 heterocycles. The van der Waals surface area contributed by atoms with Crippen molar-refractivity contribution in [3.8, 4) is 6.07 Å². The molecule has 1 aliphatic carbocycles. The van der Waals surface area contributed by atoms with Crippen LogP contribution in [0.4, 0.5) is 0 Å². The number of hydrogen-bond donors (Lipinski definition) is 0. The highest BCUT2D eigenvalue weighted by molar-refractivity contribution is 5.77. The van der Waals surface area contributed by atoms with E-state index >= 15 is 0 Å². The molecule has 0 fully saturated rings. The van der Waals surface area contributed by atoms with Crippen LogP contribution in [-0.2, 0) is 0 Å². The molecule has 3 rings (SSSR count). The van der Waals surface area contributed by atoms with Gasteiger partial charge in [0.15, 0.2) is 0 Å². The van der Waals surface area contributed by atoms with E-state index in [1.807, 2.05) is 30.3 Å². The van der Waals surface area contributed by atoms with Crippen molar-refractivity contribution in [3.05, 3.63) is 89.5 Å². The van der Waals surface area contributed by atoms with E-state index in [2.05, 4.69) is 48.5 Å². The molecule has 0 aromatic heterocycles. The third kappa shape index (κ3) is 2.55. The van der Waals surface area contributed by atoms with Gasteiger partial charge in [0, 0.05) is 11.5 Å². The summed E-state index contributed by atoms with van der Waals surface area (Å²) in [4.78, 5) is 0. The first-order chi connectivity index (χ1) is 9.86. The maximum Gasteiger partial charge on any atom is 0.0947 e. The van der Waals surface area contributed by atoms with Gasteiger partial charge in [-0.05, 0) is 29.2 Å². The molecule has 2 aromatic rings. The fourth-order valence-electron chi connectivity index (χ4n) is 2.61. The summed E-state index contributed by atoms with van der Waals surface area (Å²) in [5, 5.41) is 9.27. The lowest BCUT2D eigenvalue weighted by Gasteiger charge is -2.19. The lowest BCUT2D eigenvalue weighted by Crippen LogP contribution is -2.03. The van der Waals surface area contributed by atoms with Gasteiger partial charge in [-0.3, -0.25) is 0 Å². The van der Waals surface area contributed by atoms with E-state index in [1.165, 1.54) is 11.1 Å². The van der Waals surface area contributed by atoms with Gasteiger partial charge in [0.25, 0.3) is 0 Å². The first-order valence-corrected chi connectivity index (χ1v) is 6.79. The molecule has 0 radical (unpaired) electrons. The molecule has 96 valence electrons. The van der Waals surface area contributed by atoms with Crippen LogP contribution < -0.4 is 0 Å². The Morgan fingerprint density at radius 2 is 1.55 bits per heavy atom. The smallest absolute Gasteiger partial charge is 0.0947 e. The summed E-state index contributed by atoms with van der Waals surface area (Å²) in [6, 6.07) is 23.0. The predicted octanol–water partition coefficient (Wildman–Crippen LogP) is 4.71. The molecule has 0 amide bonds. The van der Waals surface area contributed by atoms with E-state index in [0.29, 0.717) is 0 Å². The van der Waals surface area contributed by atoms with Gasteiger partial charge in [-0.1, -0.05) is 66.7 Å². The minimum absolute atomic E-state index is 0.283. The molecular weight excluding hydrogens is 242 g/mol. The summed E-state index contributed by atoms with van der Waals surface area (Å²) < 4.78 is 0. The zero-order valence-corrected chi connectivity index (χ0v) is 11.2. The Bertz CT molecular complexity index is 688. The lowest BCUT2D eigenvalue weighted by molar-refractivity contribution is 0.834. The van der Waals surface area contributed by atoms with E-state index in [4.69, 9.17) is 0 Å². The Hall–Kier alpha value is -2.59. The van der Waals surface area contributed by atoms with Crippen LogP contribution in [0, 0.1) is 11.3 Å². The molecule has 1 atom stereocenters. The lowest BCUT2D eigenvalue weighted by atomic mass is 9.84. The van der Waals surface area contributed by atoms with Gasteiger partial charge in [0.1, 0.15) is 0 Å². The molecule has 1 unspecified atom stereocenters. The molecule has 0 aliphatic heterocycles. The van der Waals surface area contributed by atoms with E-state index in [9.17, 15) is 5.26 Å². The monoisotopic (exact) mass is 257 g/mol. The Balaban J connectivity index is 2.02. The van der Waals surface area contributed by atoms with Crippen LogP contribution in [0.2, 0.25) is 0 Å². The highest BCUT2D eigenvalue weighted by Gasteiger charge is 2.17. The first-order valence-electron chi connectivity index (χ1n) is 6.79. The van der Waals surface area contributed by atoms with E-state index in [-0.39, 0.29) is 5.92 Å². The van der Waals surface area contributed by atoms with E-state index in [1.54, 1.807) is 0 Å². The zero-order chi connectivity index (χ0) is 13.8. The molecule has 0 saturated heterocycles. The number of rotatable bonds is 2. The highest BCUT2D eigenvalue weighted by Crippen LogP contribution is 2.34. The van der Waals surface area contributed by atoms with Crippen molar-refractivity contribution < 1.29 is 0 Å². The second kappa shape index (κ2) is 5.59. The molecular formula is C19H15N. The van der Waals surface area contributed by atoms with Crippen molar-refractivity contribution in [1.29, 1.82) is 5.26 Å². The molecule has 2 aromatic carbocycles. The number of allylic oxidation sites excluding steroid dienone is 4. The quantitative estimate of drug-likeness (QED) is 0.764. The summed E-state index contributed by atoms with van der Waals surface area (Å²) in [5.41, 5.74) is 4.42. The van der Waals surface area contributed by atoms with Crippen molar-refractivity contribution >= 4 is 5.57 Å². The summed E-state index contributed by atoms with van der Waals surface area (Å²) >= 11 is 0. The third-order valence-corrected chi connectivity index (χ3v) is 3.63. The van der Waals surface area contributed by atoms with Crippen molar-refractivity contribution in [2.75, 3.05) is 0 Å². The topological polar surface area (TPSA) is 23.8 Å². The molecule has 1 heteroatoms. The van der Waals surface area contributed by atoms with Crippen LogP contribution in [0.5, 0.6) is 0 Å². The number of nitriles is 1. The number of benzene rings is 2. The number of hydrogen-bond acceptors (Lipinski definition) is 1. The molecule has 20 heavy (non-hydrogen) atoms. The van der Waals surface area contributed by atoms with Crippen molar-refractivity contribution in [3.63, 3.8) is 0 Å². The second-order valence-corrected chi connectivity index (χ2v) is 4.99. The van der Waals surface area contributed by atoms with Gasteiger partial charge in [0.2, 0.25) is 0 Å². The minimum Gasteiger partial charge on any atom is -0.193 e. The van der Waals surface area contributed by atoms with Gasteiger partial charge in [-0.15, -0.1) is 0 Å². The van der Waals surface area contributed by atoms with E-state index < -0.39 is 0 Å². The fourth-order valence-corrected chi connectivity index (χ4v) is 2.61. The van der Waals surface area contributed by atoms with Crippen molar-refractivity contribution in [2.24, 2.45) is 0 Å². The van der Waals surface area contributed by atoms with Gasteiger partial charge < -0.3 is 0 Å². The summed E-state index contributed by atoms with van der Waals surface area (Å²) in [6.45, 7) is 0. The molecule has 0 N–H and O–H groups in total. The van der Waals surface area contributed by atoms with Gasteiger partial charge in [-0.25, -0.2) is 0 Å². The Labute approximate surface area is 119 Å². The summed E-state index contributed by atoms with van der Waals surface area (Å²) in [5.74, 6) is 0.283. The maximum absolute atomic E-state index is 9.27. The molecule has 1 nitrogen and oxygen atoms in total. The molecule has 0 spiro atoms. The highest BCUT2D eigenvalue weighted by atomic mass is 14.3. The number of nitrogens with zero attached hydrogens (tertiary/aromatic N) is 1. The average Bonchev–Trinajstić information content (AvgIpc) is 2.56. The summed E-state index contributed by atoms with van der Waals surface area (Å²) in [6.07, 6.45) is 5.07. The second-order valence-electron chi connectivity index (χ2n) is 4.99. The predicted molar refractivity (Wildman–Crippen MR) is 81.9 cm³/mol. The SMILES string of the molecule is N#CC1=CC(c2ccccc2)=CC(c2ccccc2)C1. The molecule has 1 aliphatic rings. The molecule has 0 saturated carbocycles. The third-order valence-electron chi connectivity index (χ3n) is 3.63. The van der Waals surface area contributed by atoms with Crippen LogP contribution in [0.15, 0.2) is 78.4 Å². The minimum atomic E-state index is 0.283. The Kier molecular flexibility index (Phi) is 3.48. The summed E-state index contributed by atoms with van der Waals surface area (Å²) in [7, 11) is 0. The van der Waals surface area contributed by atoms with Crippen molar-refractivity contribution in [1.82, 2.24) is 0 Å². The van der Waals surface area contributed by atoms with Crippen LogP contribution in [-0.4, -0.2) is 0 Å². The van der Waals surface area contributed by atoms with Gasteiger partial charge in [-0.2, -0.15) is 5.26 Å².